The van der Waals surface area contributed by atoms with Crippen LogP contribution in [0.1, 0.15) is 0 Å². The van der Waals surface area contributed by atoms with Gasteiger partial charge < -0.3 is 4.57 Å². The Morgan fingerprint density at radius 2 is 0.860 bits per heavy atom. The summed E-state index contributed by atoms with van der Waals surface area (Å²) < 4.78 is 5.98. The van der Waals surface area contributed by atoms with Gasteiger partial charge in [0.1, 0.15) is 15.0 Å². The molecule has 11 rings (SSSR count). The Bertz CT molecular complexity index is 2990. The topological polar surface area (TPSA) is 43.6 Å². The monoisotopic (exact) mass is 692 g/mol. The molecule has 0 amide bonds. The van der Waals surface area contributed by atoms with E-state index >= 15 is 0 Å². The lowest BCUT2D eigenvalue weighted by molar-refractivity contribution is 1.18. The lowest BCUT2D eigenvalue weighted by Gasteiger charge is -2.09. The minimum atomic E-state index is 1.03. The number of aromatic nitrogens is 4. The van der Waals surface area contributed by atoms with Crippen molar-refractivity contribution >= 4 is 97.2 Å². The second-order valence-corrected chi connectivity index (χ2v) is 15.6. The average molecular weight is 693 g/mol. The Kier molecular flexibility index (Phi) is 6.13. The Morgan fingerprint density at radius 3 is 1.46 bits per heavy atom. The normalized spacial score (nSPS) is 12.0. The molecule has 11 aromatic rings. The molecule has 0 saturated heterocycles. The van der Waals surface area contributed by atoms with Gasteiger partial charge in [-0.1, -0.05) is 48.5 Å². The van der Waals surface area contributed by atoms with Crippen LogP contribution in [0.2, 0.25) is 0 Å². The van der Waals surface area contributed by atoms with Crippen LogP contribution in [0.3, 0.4) is 0 Å². The predicted molar refractivity (Wildman–Crippen MR) is 214 cm³/mol. The van der Waals surface area contributed by atoms with Crippen LogP contribution in [0.15, 0.2) is 146 Å². The van der Waals surface area contributed by atoms with Crippen LogP contribution in [0.25, 0.3) is 101 Å². The lowest BCUT2D eigenvalue weighted by Crippen LogP contribution is -1.94. The average Bonchev–Trinajstić information content (AvgIpc) is 3.96. The van der Waals surface area contributed by atoms with Crippen molar-refractivity contribution in [3.05, 3.63) is 146 Å². The maximum atomic E-state index is 5.13. The van der Waals surface area contributed by atoms with E-state index in [1.165, 1.54) is 35.6 Å². The van der Waals surface area contributed by atoms with E-state index in [0.717, 1.165) is 65.0 Å². The van der Waals surface area contributed by atoms with E-state index in [0.29, 0.717) is 0 Å². The number of hydrogen-bond donors (Lipinski definition) is 0. The summed E-state index contributed by atoms with van der Waals surface area (Å²) in [5.74, 6) is 0. The summed E-state index contributed by atoms with van der Waals surface area (Å²) in [5.41, 5.74) is 9.92. The summed E-state index contributed by atoms with van der Waals surface area (Å²) >= 11 is 5.23. The number of para-hydroxylation sites is 2. The number of fused-ring (bicyclic) bond motifs is 7. The zero-order chi connectivity index (χ0) is 32.8. The van der Waals surface area contributed by atoms with Crippen LogP contribution in [0, 0.1) is 0 Å². The fourth-order valence-corrected chi connectivity index (χ4v) is 9.97. The molecule has 0 radical (unpaired) electrons. The highest BCUT2D eigenvalue weighted by molar-refractivity contribution is 7.22. The third-order valence-corrected chi connectivity index (χ3v) is 12.7. The first-order chi connectivity index (χ1) is 24.7. The molecule has 0 atom stereocenters. The molecular formula is C43H24N4S3. The van der Waals surface area contributed by atoms with E-state index in [1.807, 2.05) is 6.07 Å². The highest BCUT2D eigenvalue weighted by Crippen LogP contribution is 2.41. The van der Waals surface area contributed by atoms with Crippen molar-refractivity contribution in [1.29, 1.82) is 0 Å². The van der Waals surface area contributed by atoms with Crippen LogP contribution in [0.5, 0.6) is 0 Å². The molecule has 234 valence electrons. The van der Waals surface area contributed by atoms with Crippen molar-refractivity contribution in [1.82, 2.24) is 19.5 Å². The molecular weight excluding hydrogens is 669 g/mol. The smallest absolute Gasteiger partial charge is 0.124 e. The maximum Gasteiger partial charge on any atom is 0.124 e. The van der Waals surface area contributed by atoms with Gasteiger partial charge in [0.2, 0.25) is 0 Å². The molecule has 0 fully saturated rings. The van der Waals surface area contributed by atoms with E-state index in [1.54, 1.807) is 34.0 Å². The van der Waals surface area contributed by atoms with Crippen molar-refractivity contribution in [2.24, 2.45) is 0 Å². The predicted octanol–water partition coefficient (Wildman–Crippen LogP) is 12.8. The van der Waals surface area contributed by atoms with E-state index in [4.69, 9.17) is 15.0 Å². The fraction of sp³-hybridized carbons (Fsp3) is 0. The van der Waals surface area contributed by atoms with Crippen LogP contribution in [0.4, 0.5) is 0 Å². The van der Waals surface area contributed by atoms with Gasteiger partial charge in [0.25, 0.3) is 0 Å². The van der Waals surface area contributed by atoms with Gasteiger partial charge in [-0.05, 0) is 108 Å². The molecule has 7 aromatic carbocycles. The van der Waals surface area contributed by atoms with Crippen LogP contribution >= 0.6 is 34.0 Å². The van der Waals surface area contributed by atoms with Gasteiger partial charge in [-0.25, -0.2) is 15.0 Å². The first-order valence-corrected chi connectivity index (χ1v) is 18.9. The number of thiazole rings is 3. The molecule has 0 aliphatic rings. The van der Waals surface area contributed by atoms with Crippen LogP contribution in [-0.2, 0) is 0 Å². The molecule has 4 heterocycles. The summed E-state index contributed by atoms with van der Waals surface area (Å²) in [7, 11) is 0. The standard InChI is InChI=1S/C43H24N4S3/c1-2-8-27-24-40-35(23-26(27)7-1)46-43(50-40)29-16-20-37-32(22-29)31-21-28(42-45-34-10-4-6-12-39(34)49-42)15-19-36(31)47(37)30-17-13-25(14-18-30)41-44-33-9-3-5-11-38(33)48-41/h1-24H. The first-order valence-electron chi connectivity index (χ1n) is 16.4. The molecule has 0 N–H and O–H groups in total. The molecule has 50 heavy (non-hydrogen) atoms. The maximum absolute atomic E-state index is 5.13. The van der Waals surface area contributed by atoms with E-state index in [9.17, 15) is 0 Å². The minimum Gasteiger partial charge on any atom is -0.309 e. The highest BCUT2D eigenvalue weighted by atomic mass is 32.1. The lowest BCUT2D eigenvalue weighted by atomic mass is 10.1. The second-order valence-electron chi connectivity index (χ2n) is 12.5. The Hall–Kier alpha value is -5.73. The first kappa shape index (κ1) is 28.1. The SMILES string of the molecule is c1ccc2cc3sc(-c4ccc5c(c4)c4cc(-c6nc7ccccc7s6)ccc4n5-c4ccc(-c5nc6ccccc6s5)cc4)nc3cc2c1. The summed E-state index contributed by atoms with van der Waals surface area (Å²) in [6, 6.07) is 52.1. The highest BCUT2D eigenvalue weighted by Gasteiger charge is 2.18. The number of rotatable bonds is 4. The van der Waals surface area contributed by atoms with Crippen molar-refractivity contribution in [2.75, 3.05) is 0 Å². The van der Waals surface area contributed by atoms with Crippen molar-refractivity contribution in [3.63, 3.8) is 0 Å². The van der Waals surface area contributed by atoms with Gasteiger partial charge in [0, 0.05) is 33.2 Å². The Labute approximate surface area is 298 Å². The summed E-state index contributed by atoms with van der Waals surface area (Å²) in [5, 5.41) is 7.94. The van der Waals surface area contributed by atoms with Gasteiger partial charge >= 0.3 is 0 Å². The Morgan fingerprint density at radius 1 is 0.380 bits per heavy atom. The molecule has 4 aromatic heterocycles. The molecule has 4 nitrogen and oxygen atoms in total. The van der Waals surface area contributed by atoms with Gasteiger partial charge in [0.15, 0.2) is 0 Å². The van der Waals surface area contributed by atoms with Gasteiger partial charge in [-0.15, -0.1) is 34.0 Å². The van der Waals surface area contributed by atoms with Crippen molar-refractivity contribution < 1.29 is 0 Å². The van der Waals surface area contributed by atoms with Crippen molar-refractivity contribution in [3.8, 4) is 37.4 Å². The van der Waals surface area contributed by atoms with Crippen molar-refractivity contribution in [2.45, 2.75) is 0 Å². The van der Waals surface area contributed by atoms with E-state index in [-0.39, 0.29) is 0 Å². The summed E-state index contributed by atoms with van der Waals surface area (Å²) in [6.07, 6.45) is 0. The van der Waals surface area contributed by atoms with Gasteiger partial charge in [0.05, 0.1) is 41.7 Å². The molecule has 0 unspecified atom stereocenters. The zero-order valence-electron chi connectivity index (χ0n) is 26.4. The van der Waals surface area contributed by atoms with E-state index in [2.05, 4.69) is 144 Å². The number of benzene rings is 7. The summed E-state index contributed by atoms with van der Waals surface area (Å²) in [6.45, 7) is 0. The second kappa shape index (κ2) is 10.9. The minimum absolute atomic E-state index is 1.03. The van der Waals surface area contributed by atoms with Crippen LogP contribution in [-0.4, -0.2) is 19.5 Å². The van der Waals surface area contributed by atoms with E-state index < -0.39 is 0 Å². The van der Waals surface area contributed by atoms with Crippen LogP contribution < -0.4 is 0 Å². The third-order valence-electron chi connectivity index (χ3n) is 9.48. The molecule has 7 heteroatoms. The Balaban J connectivity index is 1.09. The third kappa shape index (κ3) is 4.44. The molecule has 0 aliphatic heterocycles. The quantitative estimate of drug-likeness (QED) is 0.184. The zero-order valence-corrected chi connectivity index (χ0v) is 28.8. The number of nitrogens with zero attached hydrogens (tertiary/aromatic N) is 4. The van der Waals surface area contributed by atoms with Gasteiger partial charge in [-0.3, -0.25) is 0 Å². The molecule has 0 bridgehead atoms. The molecule has 0 saturated carbocycles. The summed E-state index contributed by atoms with van der Waals surface area (Å²) in [4.78, 5) is 15.0. The molecule has 0 aliphatic carbocycles. The largest absolute Gasteiger partial charge is 0.309 e. The fourth-order valence-electron chi connectivity index (χ4n) is 7.05. The van der Waals surface area contributed by atoms with Gasteiger partial charge in [-0.2, -0.15) is 0 Å². The molecule has 0 spiro atoms. The number of hydrogen-bond acceptors (Lipinski definition) is 6.